The van der Waals surface area contributed by atoms with Crippen LogP contribution in [-0.2, 0) is 4.79 Å². The molecule has 26 heavy (non-hydrogen) atoms. The molecule has 3 heteroatoms. The minimum Gasteiger partial charge on any atom is -0.493 e. The Bertz CT molecular complexity index is 1020. The number of rotatable bonds is 4. The standard InChI is InChI=1S/C23H21NO2/c1-15(2)14-26-22-12-11-16(17-7-3-4-9-19(17)22)13-20-18-8-5-6-10-21(18)24-23(20)25/h3-13,15H,14H2,1-2H3,(H,24,25)/b20-13+. The van der Waals surface area contributed by atoms with E-state index in [0.717, 1.165) is 33.3 Å². The molecule has 1 aliphatic heterocycles. The highest BCUT2D eigenvalue weighted by Gasteiger charge is 2.23. The van der Waals surface area contributed by atoms with Crippen molar-refractivity contribution in [2.24, 2.45) is 5.92 Å². The molecule has 0 saturated carbocycles. The molecule has 0 radical (unpaired) electrons. The fraction of sp³-hybridized carbons (Fsp3) is 0.174. The Morgan fingerprint density at radius 3 is 2.50 bits per heavy atom. The average Bonchev–Trinajstić information content (AvgIpc) is 2.96. The molecule has 1 N–H and O–H groups in total. The van der Waals surface area contributed by atoms with Gasteiger partial charge in [0.15, 0.2) is 0 Å². The second-order valence-corrected chi connectivity index (χ2v) is 6.96. The molecule has 1 aliphatic rings. The summed E-state index contributed by atoms with van der Waals surface area (Å²) in [5, 5.41) is 5.07. The SMILES string of the molecule is CC(C)COc1ccc(/C=C2/C(=O)Nc3ccccc32)c2ccccc12. The van der Waals surface area contributed by atoms with Gasteiger partial charge in [0.05, 0.1) is 6.61 Å². The van der Waals surface area contributed by atoms with Gasteiger partial charge in [0.25, 0.3) is 5.91 Å². The third kappa shape index (κ3) is 2.97. The van der Waals surface area contributed by atoms with Crippen LogP contribution in [0.15, 0.2) is 60.7 Å². The monoisotopic (exact) mass is 343 g/mol. The number of benzene rings is 3. The number of para-hydroxylation sites is 1. The van der Waals surface area contributed by atoms with Gasteiger partial charge in [-0.2, -0.15) is 0 Å². The first-order valence-electron chi connectivity index (χ1n) is 8.90. The molecule has 1 amide bonds. The highest BCUT2D eigenvalue weighted by Crippen LogP contribution is 2.35. The summed E-state index contributed by atoms with van der Waals surface area (Å²) in [5.41, 5.74) is 3.52. The summed E-state index contributed by atoms with van der Waals surface area (Å²) in [4.78, 5) is 12.4. The lowest BCUT2D eigenvalue weighted by Gasteiger charge is -2.13. The minimum absolute atomic E-state index is 0.0598. The third-order valence-electron chi connectivity index (χ3n) is 4.50. The molecule has 0 unspecified atom stereocenters. The first kappa shape index (κ1) is 16.4. The van der Waals surface area contributed by atoms with Gasteiger partial charge in [0, 0.05) is 22.2 Å². The molecule has 0 aliphatic carbocycles. The second-order valence-electron chi connectivity index (χ2n) is 6.96. The second kappa shape index (κ2) is 6.68. The lowest BCUT2D eigenvalue weighted by molar-refractivity contribution is -0.110. The molecule has 130 valence electrons. The van der Waals surface area contributed by atoms with Gasteiger partial charge >= 0.3 is 0 Å². The molecule has 0 saturated heterocycles. The van der Waals surface area contributed by atoms with E-state index in [2.05, 4.69) is 31.3 Å². The van der Waals surface area contributed by atoms with Crippen LogP contribution in [0.1, 0.15) is 25.0 Å². The van der Waals surface area contributed by atoms with Crippen molar-refractivity contribution in [2.75, 3.05) is 11.9 Å². The van der Waals surface area contributed by atoms with Gasteiger partial charge in [-0.05, 0) is 35.1 Å². The number of ether oxygens (including phenoxy) is 1. The molecule has 0 aromatic heterocycles. The lowest BCUT2D eigenvalue weighted by atomic mass is 9.99. The van der Waals surface area contributed by atoms with Crippen LogP contribution in [0, 0.1) is 5.92 Å². The van der Waals surface area contributed by atoms with Gasteiger partial charge in [0.2, 0.25) is 0 Å². The van der Waals surface area contributed by atoms with Gasteiger partial charge < -0.3 is 10.1 Å². The summed E-state index contributed by atoms with van der Waals surface area (Å²) >= 11 is 0. The summed E-state index contributed by atoms with van der Waals surface area (Å²) in [6.45, 7) is 4.95. The van der Waals surface area contributed by atoms with Crippen LogP contribution in [0.5, 0.6) is 5.75 Å². The first-order valence-corrected chi connectivity index (χ1v) is 8.90. The zero-order chi connectivity index (χ0) is 18.1. The van der Waals surface area contributed by atoms with Crippen LogP contribution < -0.4 is 10.1 Å². The predicted octanol–water partition coefficient (Wildman–Crippen LogP) is 5.37. The van der Waals surface area contributed by atoms with E-state index in [4.69, 9.17) is 4.74 Å². The Labute approximate surface area is 153 Å². The number of amides is 1. The Balaban J connectivity index is 1.81. The van der Waals surface area contributed by atoms with Crippen molar-refractivity contribution in [1.29, 1.82) is 0 Å². The van der Waals surface area contributed by atoms with Crippen LogP contribution in [0.25, 0.3) is 22.4 Å². The van der Waals surface area contributed by atoms with Crippen LogP contribution in [0.2, 0.25) is 0 Å². The van der Waals surface area contributed by atoms with Crippen molar-refractivity contribution in [1.82, 2.24) is 0 Å². The number of carbonyl (C=O) groups is 1. The van der Waals surface area contributed by atoms with Crippen molar-refractivity contribution >= 4 is 34.0 Å². The molecule has 4 rings (SSSR count). The first-order chi connectivity index (χ1) is 12.6. The van der Waals surface area contributed by atoms with Gasteiger partial charge in [-0.25, -0.2) is 0 Å². The zero-order valence-electron chi connectivity index (χ0n) is 15.0. The van der Waals surface area contributed by atoms with Crippen LogP contribution in [0.3, 0.4) is 0 Å². The van der Waals surface area contributed by atoms with Crippen molar-refractivity contribution in [3.63, 3.8) is 0 Å². The molecule has 3 aromatic rings. The number of hydrogen-bond donors (Lipinski definition) is 1. The number of anilines is 1. The van der Waals surface area contributed by atoms with Crippen molar-refractivity contribution in [2.45, 2.75) is 13.8 Å². The van der Waals surface area contributed by atoms with E-state index in [1.165, 1.54) is 0 Å². The topological polar surface area (TPSA) is 38.3 Å². The highest BCUT2D eigenvalue weighted by molar-refractivity contribution is 6.35. The number of hydrogen-bond acceptors (Lipinski definition) is 2. The van der Waals surface area contributed by atoms with Crippen molar-refractivity contribution < 1.29 is 9.53 Å². The number of nitrogens with one attached hydrogen (secondary N) is 1. The lowest BCUT2D eigenvalue weighted by Crippen LogP contribution is -2.05. The van der Waals surface area contributed by atoms with E-state index < -0.39 is 0 Å². The minimum atomic E-state index is -0.0598. The van der Waals surface area contributed by atoms with Crippen LogP contribution in [-0.4, -0.2) is 12.5 Å². The molecule has 0 spiro atoms. The molecular formula is C23H21NO2. The Kier molecular flexibility index (Phi) is 4.21. The molecule has 1 heterocycles. The highest BCUT2D eigenvalue weighted by atomic mass is 16.5. The van der Waals surface area contributed by atoms with Gasteiger partial charge in [-0.3, -0.25) is 4.79 Å². The van der Waals surface area contributed by atoms with Crippen molar-refractivity contribution in [3.05, 3.63) is 71.8 Å². The molecule has 0 fully saturated rings. The van der Waals surface area contributed by atoms with E-state index in [1.807, 2.05) is 54.6 Å². The van der Waals surface area contributed by atoms with E-state index in [1.54, 1.807) is 0 Å². The quantitative estimate of drug-likeness (QED) is 0.647. The van der Waals surface area contributed by atoms with Gasteiger partial charge in [0.1, 0.15) is 5.75 Å². The normalized spacial score (nSPS) is 14.7. The predicted molar refractivity (Wildman–Crippen MR) is 107 cm³/mol. The molecular weight excluding hydrogens is 322 g/mol. The maximum atomic E-state index is 12.4. The summed E-state index contributed by atoms with van der Waals surface area (Å²) in [5.74, 6) is 1.29. The molecule has 0 bridgehead atoms. The van der Waals surface area contributed by atoms with Gasteiger partial charge in [-0.1, -0.05) is 62.4 Å². The van der Waals surface area contributed by atoms with E-state index in [9.17, 15) is 4.79 Å². The largest absolute Gasteiger partial charge is 0.493 e. The number of carbonyl (C=O) groups excluding carboxylic acids is 1. The molecule has 3 nitrogen and oxygen atoms in total. The van der Waals surface area contributed by atoms with Crippen LogP contribution >= 0.6 is 0 Å². The molecule has 0 atom stereocenters. The number of fused-ring (bicyclic) bond motifs is 2. The van der Waals surface area contributed by atoms with E-state index in [-0.39, 0.29) is 5.91 Å². The Hall–Kier alpha value is -3.07. The van der Waals surface area contributed by atoms with E-state index in [0.29, 0.717) is 18.1 Å². The van der Waals surface area contributed by atoms with Gasteiger partial charge in [-0.15, -0.1) is 0 Å². The van der Waals surface area contributed by atoms with Crippen molar-refractivity contribution in [3.8, 4) is 5.75 Å². The fourth-order valence-electron chi connectivity index (χ4n) is 3.24. The Morgan fingerprint density at radius 1 is 0.962 bits per heavy atom. The maximum absolute atomic E-state index is 12.4. The summed E-state index contributed by atoms with van der Waals surface area (Å²) in [6.07, 6.45) is 1.97. The summed E-state index contributed by atoms with van der Waals surface area (Å²) in [6, 6.07) is 20.0. The van der Waals surface area contributed by atoms with Crippen LogP contribution in [0.4, 0.5) is 5.69 Å². The average molecular weight is 343 g/mol. The maximum Gasteiger partial charge on any atom is 0.256 e. The summed E-state index contributed by atoms with van der Waals surface area (Å²) in [7, 11) is 0. The molecule has 3 aromatic carbocycles. The smallest absolute Gasteiger partial charge is 0.256 e. The summed E-state index contributed by atoms with van der Waals surface area (Å²) < 4.78 is 5.98. The Morgan fingerprint density at radius 2 is 1.69 bits per heavy atom. The third-order valence-corrected chi connectivity index (χ3v) is 4.50. The zero-order valence-corrected chi connectivity index (χ0v) is 15.0. The fourth-order valence-corrected chi connectivity index (χ4v) is 3.24. The van der Waals surface area contributed by atoms with E-state index >= 15 is 0 Å².